The van der Waals surface area contributed by atoms with Crippen molar-refractivity contribution in [3.8, 4) is 22.6 Å². The number of allylic oxidation sites excluding steroid dienone is 2. The van der Waals surface area contributed by atoms with Gasteiger partial charge in [-0.15, -0.1) is 0 Å². The van der Waals surface area contributed by atoms with Crippen LogP contribution in [0.25, 0.3) is 66.2 Å². The van der Waals surface area contributed by atoms with Gasteiger partial charge in [0, 0.05) is 42.8 Å². The van der Waals surface area contributed by atoms with Crippen molar-refractivity contribution in [3.63, 3.8) is 0 Å². The summed E-state index contributed by atoms with van der Waals surface area (Å²) in [5.41, 5.74) is 13.9. The molecule has 0 saturated carbocycles. The van der Waals surface area contributed by atoms with Crippen LogP contribution in [0.4, 0.5) is 0 Å². The van der Waals surface area contributed by atoms with E-state index in [-0.39, 0.29) is 0 Å². The Morgan fingerprint density at radius 1 is 0.492 bits per heavy atom. The fourth-order valence-corrected chi connectivity index (χ4v) is 9.35. The maximum Gasteiger partial charge on any atom is 0.227 e. The molecule has 4 heterocycles. The van der Waals surface area contributed by atoms with Gasteiger partial charge in [-0.05, 0) is 84.3 Å². The first-order valence-corrected chi connectivity index (χ1v) is 20.9. The Kier molecular flexibility index (Phi) is 8.97. The molecule has 0 aliphatic carbocycles. The number of furan rings is 1. The molecular weight excluding hydrogens is 743 g/mol. The second kappa shape index (κ2) is 15.1. The first kappa shape index (κ1) is 35.2. The van der Waals surface area contributed by atoms with E-state index < -0.39 is 0 Å². The van der Waals surface area contributed by atoms with E-state index in [4.69, 9.17) is 23.8 Å². The van der Waals surface area contributed by atoms with E-state index in [1.54, 1.807) is 0 Å². The van der Waals surface area contributed by atoms with Gasteiger partial charge < -0.3 is 8.83 Å². The minimum atomic E-state index is 0.576. The smallest absolute Gasteiger partial charge is 0.227 e. The number of amidine groups is 1. The lowest BCUT2D eigenvalue weighted by molar-refractivity contribution is 0.620. The highest BCUT2D eigenvalue weighted by Gasteiger charge is 2.20. The number of nitrogens with zero attached hydrogens (tertiary/aromatic N) is 3. The van der Waals surface area contributed by atoms with Crippen LogP contribution in [0.5, 0.6) is 0 Å². The number of fused-ring (bicyclic) bond motifs is 5. The standard InChI is InChI=1S/C53H37N3O2S/c1-3-13-35(14-4-1)44-23-12-24-45(55-52(54-44)37-16-5-2-6-17-37)39-31-32-47-46(33-39)56-53(57-47)38-29-27-34(28-30-38)40-19-10-20-41-42-21-11-22-43(51(42)58-50(40)41)49-26-9-18-36-15-7-8-25-48(36)59-49/h1-8,10-11,13-17,19-23,25-33H,9,12,18,24H2/b44-23-,54-52-,55-45+. The number of aliphatic imine (C=N–C) groups is 2. The molecule has 11 rings (SSSR count). The van der Waals surface area contributed by atoms with Crippen molar-refractivity contribution >= 4 is 66.9 Å². The lowest BCUT2D eigenvalue weighted by Gasteiger charge is -2.13. The Morgan fingerprint density at radius 3 is 1.98 bits per heavy atom. The molecule has 0 N–H and O–H groups in total. The summed E-state index contributed by atoms with van der Waals surface area (Å²) in [4.78, 5) is 17.8. The molecule has 0 radical (unpaired) electrons. The fraction of sp³-hybridized carbons (Fsp3) is 0.0755. The van der Waals surface area contributed by atoms with Crippen LogP contribution in [0.15, 0.2) is 200 Å². The zero-order chi connectivity index (χ0) is 39.1. The predicted octanol–water partition coefficient (Wildman–Crippen LogP) is 14.2. The average Bonchev–Trinajstić information content (AvgIpc) is 3.82. The summed E-state index contributed by atoms with van der Waals surface area (Å²) in [5, 5.41) is 2.24. The quantitative estimate of drug-likeness (QED) is 0.169. The molecule has 0 spiro atoms. The zero-order valence-corrected chi connectivity index (χ0v) is 33.0. The van der Waals surface area contributed by atoms with Crippen molar-refractivity contribution in [1.29, 1.82) is 0 Å². The fourth-order valence-electron chi connectivity index (χ4n) is 8.19. The highest BCUT2D eigenvalue weighted by atomic mass is 32.2. The van der Waals surface area contributed by atoms with Crippen molar-refractivity contribution in [3.05, 3.63) is 204 Å². The Labute approximate surface area is 346 Å². The van der Waals surface area contributed by atoms with E-state index in [0.29, 0.717) is 11.7 Å². The summed E-state index contributed by atoms with van der Waals surface area (Å²) in [7, 11) is 0. The molecule has 0 fully saturated rings. The summed E-state index contributed by atoms with van der Waals surface area (Å²) in [5.74, 6) is 1.27. The van der Waals surface area contributed by atoms with Crippen molar-refractivity contribution in [2.75, 3.05) is 0 Å². The van der Waals surface area contributed by atoms with Gasteiger partial charge in [0.05, 0.1) is 11.4 Å². The summed E-state index contributed by atoms with van der Waals surface area (Å²) in [6, 6.07) is 56.7. The van der Waals surface area contributed by atoms with Crippen molar-refractivity contribution in [1.82, 2.24) is 4.98 Å². The molecule has 2 aliphatic heterocycles. The molecule has 0 saturated heterocycles. The van der Waals surface area contributed by atoms with E-state index in [1.807, 2.05) is 54.2 Å². The van der Waals surface area contributed by atoms with Crippen molar-refractivity contribution in [2.24, 2.45) is 9.98 Å². The highest BCUT2D eigenvalue weighted by Crippen LogP contribution is 2.45. The van der Waals surface area contributed by atoms with E-state index >= 15 is 0 Å². The Bertz CT molecular complexity index is 3170. The van der Waals surface area contributed by atoms with E-state index in [0.717, 1.165) is 109 Å². The number of aromatic nitrogens is 1. The molecule has 0 bridgehead atoms. The maximum absolute atomic E-state index is 6.83. The molecule has 59 heavy (non-hydrogen) atoms. The normalized spacial score (nSPS) is 17.2. The Balaban J connectivity index is 0.900. The zero-order valence-electron chi connectivity index (χ0n) is 32.1. The van der Waals surface area contributed by atoms with Crippen molar-refractivity contribution in [2.45, 2.75) is 30.6 Å². The molecule has 6 heteroatoms. The van der Waals surface area contributed by atoms with Gasteiger partial charge in [0.25, 0.3) is 0 Å². The summed E-state index contributed by atoms with van der Waals surface area (Å²) >= 11 is 1.84. The monoisotopic (exact) mass is 779 g/mol. The average molecular weight is 780 g/mol. The third-order valence-electron chi connectivity index (χ3n) is 11.2. The second-order valence-electron chi connectivity index (χ2n) is 14.9. The third kappa shape index (κ3) is 6.71. The molecule has 2 aromatic heterocycles. The lowest BCUT2D eigenvalue weighted by Crippen LogP contribution is -2.09. The van der Waals surface area contributed by atoms with E-state index in [2.05, 4.69) is 133 Å². The van der Waals surface area contributed by atoms with Gasteiger partial charge in [-0.3, -0.25) is 0 Å². The minimum Gasteiger partial charge on any atom is -0.455 e. The predicted molar refractivity (Wildman–Crippen MR) is 244 cm³/mol. The van der Waals surface area contributed by atoms with Gasteiger partial charge in [0.15, 0.2) is 11.4 Å². The number of hydrogen-bond acceptors (Lipinski definition) is 6. The van der Waals surface area contributed by atoms with Gasteiger partial charge in [0.2, 0.25) is 5.89 Å². The van der Waals surface area contributed by atoms with Gasteiger partial charge in [-0.1, -0.05) is 151 Å². The molecule has 0 amide bonds. The van der Waals surface area contributed by atoms with Crippen LogP contribution in [-0.2, 0) is 6.42 Å². The third-order valence-corrected chi connectivity index (χ3v) is 12.4. The molecular formula is C53H37N3O2S. The second-order valence-corrected chi connectivity index (χ2v) is 16.0. The van der Waals surface area contributed by atoms with Gasteiger partial charge >= 0.3 is 0 Å². The highest BCUT2D eigenvalue weighted by molar-refractivity contribution is 8.08. The van der Waals surface area contributed by atoms with Crippen LogP contribution in [0.2, 0.25) is 0 Å². The number of thioether (sulfide) groups is 1. The van der Waals surface area contributed by atoms with Crippen LogP contribution < -0.4 is 0 Å². The maximum atomic E-state index is 6.83. The molecule has 9 aromatic rings. The minimum absolute atomic E-state index is 0.576. The van der Waals surface area contributed by atoms with Crippen LogP contribution in [0, 0.1) is 0 Å². The molecule has 5 nitrogen and oxygen atoms in total. The largest absolute Gasteiger partial charge is 0.455 e. The number of benzene rings is 7. The van der Waals surface area contributed by atoms with E-state index in [9.17, 15) is 0 Å². The van der Waals surface area contributed by atoms with Gasteiger partial charge in [-0.2, -0.15) is 0 Å². The Hall–Kier alpha value is -7.02. The van der Waals surface area contributed by atoms with Gasteiger partial charge in [0.1, 0.15) is 16.7 Å². The summed E-state index contributed by atoms with van der Waals surface area (Å²) in [6.07, 6.45) is 8.21. The van der Waals surface area contributed by atoms with Crippen LogP contribution in [0.1, 0.15) is 47.1 Å². The Morgan fingerprint density at radius 2 is 1.17 bits per heavy atom. The number of para-hydroxylation sites is 2. The number of rotatable bonds is 6. The SMILES string of the molecule is C1=C(c2cccc3c2oc2c(-c4ccc(-c5nc6cc(/C7=N/C(c8ccccc8)=N\C(c8ccccc8)=C/CC7)ccc6o5)cc4)cccc23)Sc2ccccc2CC1. The van der Waals surface area contributed by atoms with Crippen LogP contribution in [0.3, 0.4) is 0 Å². The lowest BCUT2D eigenvalue weighted by atomic mass is 10.0. The van der Waals surface area contributed by atoms with Crippen LogP contribution >= 0.6 is 11.8 Å². The summed E-state index contributed by atoms with van der Waals surface area (Å²) < 4.78 is 13.2. The first-order chi connectivity index (χ1) is 29.2. The molecule has 7 aromatic carbocycles. The topological polar surface area (TPSA) is 63.9 Å². The molecule has 282 valence electrons. The number of oxazole rings is 1. The number of aryl methyl sites for hydroxylation is 1. The van der Waals surface area contributed by atoms with Crippen LogP contribution in [-0.4, -0.2) is 16.5 Å². The van der Waals surface area contributed by atoms with Gasteiger partial charge in [-0.25, -0.2) is 15.0 Å². The van der Waals surface area contributed by atoms with E-state index in [1.165, 1.54) is 15.4 Å². The summed E-state index contributed by atoms with van der Waals surface area (Å²) in [6.45, 7) is 0. The van der Waals surface area contributed by atoms with Crippen molar-refractivity contribution < 1.29 is 8.83 Å². The molecule has 0 unspecified atom stereocenters. The molecule has 0 atom stereocenters. The number of hydrogen-bond donors (Lipinski definition) is 0. The first-order valence-electron chi connectivity index (χ1n) is 20.1. The molecule has 2 aliphatic rings.